The molecule has 0 amide bonds. The molecule has 0 spiro atoms. The first kappa shape index (κ1) is 15.2. The Kier molecular flexibility index (Phi) is 4.37. The summed E-state index contributed by atoms with van der Waals surface area (Å²) < 4.78 is 24.3. The van der Waals surface area contributed by atoms with E-state index in [9.17, 15) is 18.3 Å². The number of pyridine rings is 1. The van der Waals surface area contributed by atoms with Crippen LogP contribution in [0.2, 0.25) is 0 Å². The maximum absolute atomic E-state index is 11.5. The third-order valence-electron chi connectivity index (χ3n) is 2.97. The van der Waals surface area contributed by atoms with Crippen LogP contribution in [-0.2, 0) is 16.4 Å². The van der Waals surface area contributed by atoms with Gasteiger partial charge in [0.1, 0.15) is 11.3 Å². The van der Waals surface area contributed by atoms with Crippen molar-refractivity contribution < 1.29 is 18.3 Å². The molecule has 0 atom stereocenters. The van der Waals surface area contributed by atoms with Crippen molar-refractivity contribution >= 4 is 15.8 Å². The number of carbonyl (C=O) groups is 1. The smallest absolute Gasteiger partial charge is 0.339 e. The highest BCUT2D eigenvalue weighted by molar-refractivity contribution is 7.91. The number of nitrogens with zero attached hydrogens (tertiary/aromatic N) is 3. The highest BCUT2D eigenvalue weighted by Crippen LogP contribution is 2.19. The number of hydrogen-bond donors (Lipinski definition) is 1. The molecule has 0 aliphatic heterocycles. The monoisotopic (exact) mass is 309 g/mol. The van der Waals surface area contributed by atoms with Crippen LogP contribution in [0.3, 0.4) is 0 Å². The molecule has 0 unspecified atom stereocenters. The van der Waals surface area contributed by atoms with E-state index in [1.807, 2.05) is 0 Å². The van der Waals surface area contributed by atoms with Gasteiger partial charge in [0.15, 0.2) is 9.84 Å². The molecule has 0 aromatic carbocycles. The second kappa shape index (κ2) is 6.04. The average molecular weight is 309 g/mol. The van der Waals surface area contributed by atoms with Gasteiger partial charge in [0, 0.05) is 18.1 Å². The van der Waals surface area contributed by atoms with Gasteiger partial charge >= 0.3 is 5.97 Å². The zero-order valence-electron chi connectivity index (χ0n) is 11.4. The lowest BCUT2D eigenvalue weighted by Crippen LogP contribution is -2.15. The van der Waals surface area contributed by atoms with Crippen molar-refractivity contribution in [3.8, 4) is 11.4 Å². The quantitative estimate of drug-likeness (QED) is 0.856. The van der Waals surface area contributed by atoms with Crippen LogP contribution in [0.15, 0.2) is 30.6 Å². The molecule has 7 nitrogen and oxygen atoms in total. The molecule has 0 radical (unpaired) electrons. The van der Waals surface area contributed by atoms with Gasteiger partial charge in [0.05, 0.1) is 18.0 Å². The fourth-order valence-electron chi connectivity index (χ4n) is 1.76. The lowest BCUT2D eigenvalue weighted by molar-refractivity contribution is 0.0697. The van der Waals surface area contributed by atoms with Crippen LogP contribution in [0.25, 0.3) is 11.4 Å². The number of sulfone groups is 1. The summed E-state index contributed by atoms with van der Waals surface area (Å²) in [5.74, 6) is -1.15. The fraction of sp³-hybridized carbons (Fsp3) is 0.308. The molecule has 1 N–H and O–H groups in total. The Morgan fingerprint density at radius 3 is 2.71 bits per heavy atom. The van der Waals surface area contributed by atoms with Crippen LogP contribution < -0.4 is 0 Å². The number of aromatic nitrogens is 3. The second-order valence-corrected chi connectivity index (χ2v) is 6.88. The highest BCUT2D eigenvalue weighted by Gasteiger charge is 2.18. The molecule has 2 aromatic rings. The summed E-state index contributed by atoms with van der Waals surface area (Å²) in [4.78, 5) is 15.3. The molecule has 2 aromatic heterocycles. The summed E-state index contributed by atoms with van der Waals surface area (Å²) in [5.41, 5.74) is 0.673. The molecule has 0 aliphatic rings. The van der Waals surface area contributed by atoms with Gasteiger partial charge < -0.3 is 5.11 Å². The summed E-state index contributed by atoms with van der Waals surface area (Å²) in [7, 11) is -3.13. The van der Waals surface area contributed by atoms with Gasteiger partial charge in [-0.3, -0.25) is 9.67 Å². The van der Waals surface area contributed by atoms with Gasteiger partial charge in [-0.2, -0.15) is 5.10 Å². The SMILES string of the molecule is CCS(=O)(=O)CCn1cc(C(=O)O)c(-c2ccccn2)n1. The van der Waals surface area contributed by atoms with Crippen molar-refractivity contribution in [2.45, 2.75) is 13.5 Å². The minimum absolute atomic E-state index is 0.00240. The van der Waals surface area contributed by atoms with Crippen molar-refractivity contribution in [1.29, 1.82) is 0 Å². The maximum Gasteiger partial charge on any atom is 0.339 e. The van der Waals surface area contributed by atoms with E-state index in [0.29, 0.717) is 5.69 Å². The molecule has 2 rings (SSSR count). The van der Waals surface area contributed by atoms with Gasteiger partial charge in [-0.1, -0.05) is 13.0 Å². The Morgan fingerprint density at radius 2 is 2.14 bits per heavy atom. The lowest BCUT2D eigenvalue weighted by Gasteiger charge is -2.01. The largest absolute Gasteiger partial charge is 0.478 e. The van der Waals surface area contributed by atoms with Crippen LogP contribution in [-0.4, -0.2) is 45.8 Å². The van der Waals surface area contributed by atoms with Gasteiger partial charge in [-0.15, -0.1) is 0 Å². The second-order valence-electron chi connectivity index (χ2n) is 4.41. The Labute approximate surface area is 122 Å². The van der Waals surface area contributed by atoms with E-state index in [1.165, 1.54) is 10.9 Å². The minimum atomic E-state index is -3.13. The topological polar surface area (TPSA) is 102 Å². The highest BCUT2D eigenvalue weighted by atomic mass is 32.2. The van der Waals surface area contributed by atoms with Crippen molar-refractivity contribution in [3.05, 3.63) is 36.2 Å². The summed E-state index contributed by atoms with van der Waals surface area (Å²) in [6.45, 7) is 1.68. The van der Waals surface area contributed by atoms with Crippen LogP contribution in [0.4, 0.5) is 0 Å². The minimum Gasteiger partial charge on any atom is -0.478 e. The molecule has 0 aliphatic carbocycles. The predicted octanol–water partition coefficient (Wildman–Crippen LogP) is 1.08. The van der Waals surface area contributed by atoms with E-state index in [4.69, 9.17) is 0 Å². The fourth-order valence-corrected chi connectivity index (χ4v) is 2.52. The zero-order valence-corrected chi connectivity index (χ0v) is 12.2. The van der Waals surface area contributed by atoms with Gasteiger partial charge in [-0.05, 0) is 12.1 Å². The van der Waals surface area contributed by atoms with Gasteiger partial charge in [0.25, 0.3) is 0 Å². The van der Waals surface area contributed by atoms with Crippen molar-refractivity contribution in [2.24, 2.45) is 0 Å². The Hall–Kier alpha value is -2.22. The molecule has 0 fully saturated rings. The summed E-state index contributed by atoms with van der Waals surface area (Å²) >= 11 is 0. The molecule has 2 heterocycles. The summed E-state index contributed by atoms with van der Waals surface area (Å²) in [6.07, 6.45) is 2.87. The lowest BCUT2D eigenvalue weighted by atomic mass is 10.2. The first-order valence-electron chi connectivity index (χ1n) is 6.35. The number of rotatable bonds is 6. The number of carboxylic acids is 1. The van der Waals surface area contributed by atoms with E-state index < -0.39 is 15.8 Å². The first-order chi connectivity index (χ1) is 9.93. The molecular formula is C13H15N3O4S. The van der Waals surface area contributed by atoms with Crippen LogP contribution in [0, 0.1) is 0 Å². The average Bonchev–Trinajstić information content (AvgIpc) is 2.91. The van der Waals surface area contributed by atoms with E-state index in [-0.39, 0.29) is 29.3 Å². The number of aromatic carboxylic acids is 1. The van der Waals surface area contributed by atoms with Crippen LogP contribution in [0.1, 0.15) is 17.3 Å². The Morgan fingerprint density at radius 1 is 1.38 bits per heavy atom. The molecule has 0 bridgehead atoms. The number of carboxylic acid groups (broad SMARTS) is 1. The summed E-state index contributed by atoms with van der Waals surface area (Å²) in [6, 6.07) is 5.10. The normalized spacial score (nSPS) is 11.5. The van der Waals surface area contributed by atoms with Crippen molar-refractivity contribution in [2.75, 3.05) is 11.5 Å². The molecular weight excluding hydrogens is 294 g/mol. The maximum atomic E-state index is 11.5. The van der Waals surface area contributed by atoms with Gasteiger partial charge in [0.2, 0.25) is 0 Å². The van der Waals surface area contributed by atoms with Gasteiger partial charge in [-0.25, -0.2) is 13.2 Å². The number of hydrogen-bond acceptors (Lipinski definition) is 5. The summed E-state index contributed by atoms with van der Waals surface area (Å²) in [5, 5.41) is 13.4. The zero-order chi connectivity index (χ0) is 15.5. The molecule has 0 saturated carbocycles. The van der Waals surface area contributed by atoms with E-state index >= 15 is 0 Å². The Bertz CT molecular complexity index is 738. The molecule has 21 heavy (non-hydrogen) atoms. The van der Waals surface area contributed by atoms with Crippen LogP contribution >= 0.6 is 0 Å². The predicted molar refractivity (Wildman–Crippen MR) is 76.7 cm³/mol. The van der Waals surface area contributed by atoms with E-state index in [2.05, 4.69) is 10.1 Å². The molecule has 112 valence electrons. The third-order valence-corrected chi connectivity index (χ3v) is 4.66. The van der Waals surface area contributed by atoms with E-state index in [1.54, 1.807) is 31.3 Å². The molecule has 8 heteroatoms. The standard InChI is InChI=1S/C13H15N3O4S/c1-2-21(19,20)8-7-16-9-10(13(17)18)12(15-16)11-5-3-4-6-14-11/h3-6,9H,2,7-8H2,1H3,(H,17,18). The first-order valence-corrected chi connectivity index (χ1v) is 8.17. The number of aryl methyl sites for hydroxylation is 1. The third kappa shape index (κ3) is 3.66. The van der Waals surface area contributed by atoms with Crippen LogP contribution in [0.5, 0.6) is 0 Å². The van der Waals surface area contributed by atoms with Crippen molar-refractivity contribution in [1.82, 2.24) is 14.8 Å². The van der Waals surface area contributed by atoms with E-state index in [0.717, 1.165) is 0 Å². The Balaban J connectivity index is 2.32. The van der Waals surface area contributed by atoms with Crippen molar-refractivity contribution in [3.63, 3.8) is 0 Å². The molecule has 0 saturated heterocycles.